The van der Waals surface area contributed by atoms with Crippen LogP contribution in [0.15, 0.2) is 18.2 Å². The van der Waals surface area contributed by atoms with Crippen LogP contribution in [0.5, 0.6) is 0 Å². The van der Waals surface area contributed by atoms with E-state index >= 15 is 0 Å². The molecule has 1 aliphatic heterocycles. The highest BCUT2D eigenvalue weighted by atomic mass is 35.5. The first kappa shape index (κ1) is 16.1. The van der Waals surface area contributed by atoms with E-state index in [1.165, 1.54) is 18.2 Å². The van der Waals surface area contributed by atoms with Gasteiger partial charge in [0, 0.05) is 5.56 Å². The molecule has 114 valence electrons. The number of alkyl carbamates (subject to hydrolysis) is 1. The lowest BCUT2D eigenvalue weighted by atomic mass is 10.2. The second kappa shape index (κ2) is 6.21. The van der Waals surface area contributed by atoms with Crippen LogP contribution in [-0.2, 0) is 14.6 Å². The standard InChI is InChI=1S/C12H11Cl2NO5S/c13-9-2-1-7(5-10(9)14)11(16)15-12(17)20-8-3-4-21(18,19)6-8/h1-2,5,8H,3-4,6H2,(H,15,16,17)/t8-/m1/s1. The Balaban J connectivity index is 1.93. The van der Waals surface area contributed by atoms with E-state index in [9.17, 15) is 18.0 Å². The number of nitrogens with one attached hydrogen (secondary N) is 1. The summed E-state index contributed by atoms with van der Waals surface area (Å²) in [6.07, 6.45) is -1.48. The molecule has 0 aliphatic carbocycles. The highest BCUT2D eigenvalue weighted by Gasteiger charge is 2.31. The summed E-state index contributed by atoms with van der Waals surface area (Å²) in [4.78, 5) is 23.3. The molecule has 9 heteroatoms. The van der Waals surface area contributed by atoms with Crippen molar-refractivity contribution in [3.8, 4) is 0 Å². The van der Waals surface area contributed by atoms with Crippen molar-refractivity contribution >= 4 is 45.0 Å². The zero-order valence-corrected chi connectivity index (χ0v) is 13.0. The zero-order valence-electron chi connectivity index (χ0n) is 10.6. The van der Waals surface area contributed by atoms with Crippen molar-refractivity contribution in [2.75, 3.05) is 11.5 Å². The number of amides is 2. The minimum Gasteiger partial charge on any atom is -0.445 e. The third-order valence-corrected chi connectivity index (χ3v) is 5.34. The van der Waals surface area contributed by atoms with Crippen LogP contribution in [-0.4, -0.2) is 38.0 Å². The maximum absolute atomic E-state index is 11.8. The second-order valence-corrected chi connectivity index (χ2v) is 7.56. The summed E-state index contributed by atoms with van der Waals surface area (Å²) in [6.45, 7) is 0. The van der Waals surface area contributed by atoms with Crippen molar-refractivity contribution < 1.29 is 22.7 Å². The molecular weight excluding hydrogens is 341 g/mol. The predicted octanol–water partition coefficient (Wildman–Crippen LogP) is 2.05. The van der Waals surface area contributed by atoms with Crippen LogP contribution in [0.2, 0.25) is 10.0 Å². The van der Waals surface area contributed by atoms with Crippen molar-refractivity contribution in [3.05, 3.63) is 33.8 Å². The Labute approximate surface area is 131 Å². The average molecular weight is 352 g/mol. The highest BCUT2D eigenvalue weighted by molar-refractivity contribution is 7.91. The lowest BCUT2D eigenvalue weighted by Crippen LogP contribution is -2.34. The van der Waals surface area contributed by atoms with E-state index in [0.29, 0.717) is 0 Å². The molecule has 2 amide bonds. The van der Waals surface area contributed by atoms with Crippen LogP contribution in [0, 0.1) is 0 Å². The lowest BCUT2D eigenvalue weighted by Gasteiger charge is -2.10. The van der Waals surface area contributed by atoms with Gasteiger partial charge < -0.3 is 4.74 Å². The molecule has 0 spiro atoms. The molecule has 21 heavy (non-hydrogen) atoms. The number of rotatable bonds is 2. The van der Waals surface area contributed by atoms with Gasteiger partial charge in [-0.2, -0.15) is 0 Å². The molecule has 0 aromatic heterocycles. The number of hydrogen-bond acceptors (Lipinski definition) is 5. The average Bonchev–Trinajstić information content (AvgIpc) is 2.71. The Morgan fingerprint density at radius 3 is 2.52 bits per heavy atom. The molecule has 1 fully saturated rings. The number of sulfone groups is 1. The van der Waals surface area contributed by atoms with Gasteiger partial charge in [0.25, 0.3) is 5.91 Å². The highest BCUT2D eigenvalue weighted by Crippen LogP contribution is 2.22. The van der Waals surface area contributed by atoms with Gasteiger partial charge in [-0.05, 0) is 24.6 Å². The van der Waals surface area contributed by atoms with Gasteiger partial charge in [-0.25, -0.2) is 13.2 Å². The number of ether oxygens (including phenoxy) is 1. The molecule has 1 aliphatic rings. The smallest absolute Gasteiger partial charge is 0.414 e. The monoisotopic (exact) mass is 351 g/mol. The van der Waals surface area contributed by atoms with Crippen LogP contribution >= 0.6 is 23.2 Å². The first-order chi connectivity index (χ1) is 9.77. The summed E-state index contributed by atoms with van der Waals surface area (Å²) in [7, 11) is -3.15. The van der Waals surface area contributed by atoms with Crippen molar-refractivity contribution in [2.45, 2.75) is 12.5 Å². The van der Waals surface area contributed by atoms with Gasteiger partial charge in [-0.1, -0.05) is 23.2 Å². The van der Waals surface area contributed by atoms with Crippen molar-refractivity contribution in [2.24, 2.45) is 0 Å². The van der Waals surface area contributed by atoms with E-state index in [4.69, 9.17) is 27.9 Å². The van der Waals surface area contributed by atoms with Gasteiger partial charge in [0.05, 0.1) is 21.6 Å². The largest absolute Gasteiger partial charge is 0.445 e. The molecule has 1 saturated heterocycles. The van der Waals surface area contributed by atoms with Crippen LogP contribution in [0.3, 0.4) is 0 Å². The maximum atomic E-state index is 11.8. The fourth-order valence-electron chi connectivity index (χ4n) is 1.84. The molecule has 1 aromatic rings. The molecule has 1 atom stereocenters. The van der Waals surface area contributed by atoms with Crippen LogP contribution in [0.4, 0.5) is 4.79 Å². The molecule has 1 heterocycles. The number of imide groups is 1. The number of carbonyl (C=O) groups excluding carboxylic acids is 2. The molecule has 0 bridgehead atoms. The minimum atomic E-state index is -3.15. The zero-order chi connectivity index (χ0) is 15.6. The molecule has 2 rings (SSSR count). The van der Waals surface area contributed by atoms with Crippen LogP contribution in [0.1, 0.15) is 16.8 Å². The maximum Gasteiger partial charge on any atom is 0.414 e. The molecular formula is C12H11Cl2NO5S. The molecule has 1 N–H and O–H groups in total. The van der Waals surface area contributed by atoms with Gasteiger partial charge >= 0.3 is 6.09 Å². The van der Waals surface area contributed by atoms with Crippen molar-refractivity contribution in [1.82, 2.24) is 5.32 Å². The van der Waals surface area contributed by atoms with Crippen LogP contribution in [0.25, 0.3) is 0 Å². The topological polar surface area (TPSA) is 89.5 Å². The third kappa shape index (κ3) is 4.33. The van der Waals surface area contributed by atoms with Crippen LogP contribution < -0.4 is 5.32 Å². The third-order valence-electron chi connectivity index (χ3n) is 2.86. The van der Waals surface area contributed by atoms with Crippen molar-refractivity contribution in [3.63, 3.8) is 0 Å². The number of benzene rings is 1. The van der Waals surface area contributed by atoms with E-state index in [1.54, 1.807) is 0 Å². The molecule has 6 nitrogen and oxygen atoms in total. The summed E-state index contributed by atoms with van der Waals surface area (Å²) in [5, 5.41) is 2.46. The number of halogens is 2. The normalized spacial score (nSPS) is 20.0. The van der Waals surface area contributed by atoms with Gasteiger partial charge in [0.2, 0.25) is 0 Å². The fourth-order valence-corrected chi connectivity index (χ4v) is 3.72. The van der Waals surface area contributed by atoms with Gasteiger partial charge in [0.15, 0.2) is 9.84 Å². The Bertz CT molecular complexity index is 689. The van der Waals surface area contributed by atoms with E-state index in [2.05, 4.69) is 0 Å². The van der Waals surface area contributed by atoms with E-state index in [1.807, 2.05) is 5.32 Å². The number of hydrogen-bond donors (Lipinski definition) is 1. The minimum absolute atomic E-state index is 0.0221. The van der Waals surface area contributed by atoms with E-state index in [0.717, 1.165) is 0 Å². The Kier molecular flexibility index (Phi) is 4.75. The molecule has 0 saturated carbocycles. The summed E-state index contributed by atoms with van der Waals surface area (Å²) in [6, 6.07) is 4.14. The van der Waals surface area contributed by atoms with Gasteiger partial charge in [-0.3, -0.25) is 10.1 Å². The lowest BCUT2D eigenvalue weighted by molar-refractivity contribution is 0.0863. The van der Waals surface area contributed by atoms with E-state index < -0.39 is 27.9 Å². The second-order valence-electron chi connectivity index (χ2n) is 4.51. The molecule has 0 unspecified atom stereocenters. The van der Waals surface area contributed by atoms with Gasteiger partial charge in [-0.15, -0.1) is 0 Å². The summed E-state index contributed by atoms with van der Waals surface area (Å²) >= 11 is 11.5. The van der Waals surface area contributed by atoms with Gasteiger partial charge in [0.1, 0.15) is 6.10 Å². The first-order valence-corrected chi connectivity index (χ1v) is 8.52. The fraction of sp³-hybridized carbons (Fsp3) is 0.333. The Hall–Kier alpha value is -1.31. The van der Waals surface area contributed by atoms with Crippen molar-refractivity contribution in [1.29, 1.82) is 0 Å². The predicted molar refractivity (Wildman–Crippen MR) is 77.5 cm³/mol. The Morgan fingerprint density at radius 2 is 1.95 bits per heavy atom. The molecule has 0 radical (unpaired) electrons. The molecule has 1 aromatic carbocycles. The first-order valence-electron chi connectivity index (χ1n) is 5.94. The SMILES string of the molecule is O=C(NC(=O)c1ccc(Cl)c(Cl)c1)O[C@@H]1CCS(=O)(=O)C1. The summed E-state index contributed by atoms with van der Waals surface area (Å²) in [5.41, 5.74) is 0.139. The van der Waals surface area contributed by atoms with E-state index in [-0.39, 0.29) is 33.5 Å². The number of carbonyl (C=O) groups is 2. The summed E-state index contributed by atoms with van der Waals surface area (Å²) in [5.74, 6) is -0.952. The summed E-state index contributed by atoms with van der Waals surface area (Å²) < 4.78 is 27.3. The quantitative estimate of drug-likeness (QED) is 0.880. The Morgan fingerprint density at radius 1 is 1.24 bits per heavy atom.